The van der Waals surface area contributed by atoms with Gasteiger partial charge in [0.15, 0.2) is 11.6 Å². The van der Waals surface area contributed by atoms with Gasteiger partial charge in [-0.2, -0.15) is 5.26 Å². The first kappa shape index (κ1) is 14.9. The third-order valence-corrected chi connectivity index (χ3v) is 3.39. The number of nitriles is 1. The lowest BCUT2D eigenvalue weighted by Crippen LogP contribution is -2.28. The number of thioether (sulfide) groups is 1. The van der Waals surface area contributed by atoms with Gasteiger partial charge in [0, 0.05) is 10.6 Å². The Morgan fingerprint density at radius 3 is 2.78 bits per heavy atom. The average Bonchev–Trinajstić information content (AvgIpc) is 2.37. The van der Waals surface area contributed by atoms with Crippen LogP contribution < -0.4 is 5.32 Å². The standard InChI is InChI=1S/C13H16F2N2S/c1-2-6-17-10(9-16)5-7-18-11-3-4-12(14)13(15)8-11/h3-4,8,10,17H,2,5-7H2,1H3. The highest BCUT2D eigenvalue weighted by atomic mass is 32.2. The van der Waals surface area contributed by atoms with Gasteiger partial charge < -0.3 is 5.32 Å². The van der Waals surface area contributed by atoms with Crippen LogP contribution in [0.15, 0.2) is 23.1 Å². The van der Waals surface area contributed by atoms with Gasteiger partial charge in [-0.3, -0.25) is 0 Å². The number of hydrogen-bond acceptors (Lipinski definition) is 3. The van der Waals surface area contributed by atoms with Gasteiger partial charge >= 0.3 is 0 Å². The Balaban J connectivity index is 2.36. The van der Waals surface area contributed by atoms with Crippen molar-refractivity contribution >= 4 is 11.8 Å². The molecule has 0 saturated heterocycles. The first-order valence-electron chi connectivity index (χ1n) is 5.88. The number of halogens is 2. The molecule has 0 aliphatic heterocycles. The van der Waals surface area contributed by atoms with E-state index in [1.165, 1.54) is 17.8 Å². The fourth-order valence-corrected chi connectivity index (χ4v) is 2.33. The molecule has 5 heteroatoms. The van der Waals surface area contributed by atoms with E-state index in [2.05, 4.69) is 11.4 Å². The topological polar surface area (TPSA) is 35.8 Å². The van der Waals surface area contributed by atoms with E-state index < -0.39 is 11.6 Å². The van der Waals surface area contributed by atoms with Crippen LogP contribution in [-0.2, 0) is 0 Å². The second-order valence-electron chi connectivity index (χ2n) is 3.85. The molecule has 1 aromatic carbocycles. The Morgan fingerprint density at radius 1 is 1.39 bits per heavy atom. The summed E-state index contributed by atoms with van der Waals surface area (Å²) in [6.45, 7) is 2.85. The number of rotatable bonds is 7. The normalized spacial score (nSPS) is 12.1. The van der Waals surface area contributed by atoms with Crippen LogP contribution in [0.5, 0.6) is 0 Å². The molecule has 0 fully saturated rings. The monoisotopic (exact) mass is 270 g/mol. The van der Waals surface area contributed by atoms with Crippen LogP contribution in [0.4, 0.5) is 8.78 Å². The third-order valence-electron chi connectivity index (χ3n) is 2.36. The van der Waals surface area contributed by atoms with Gasteiger partial charge in [0.1, 0.15) is 0 Å². The fraction of sp³-hybridized carbons (Fsp3) is 0.462. The largest absolute Gasteiger partial charge is 0.302 e. The summed E-state index contributed by atoms with van der Waals surface area (Å²) >= 11 is 1.42. The van der Waals surface area contributed by atoms with Crippen LogP contribution in [0.3, 0.4) is 0 Å². The molecule has 0 saturated carbocycles. The lowest BCUT2D eigenvalue weighted by atomic mass is 10.2. The van der Waals surface area contributed by atoms with Crippen molar-refractivity contribution in [2.75, 3.05) is 12.3 Å². The molecule has 0 aliphatic carbocycles. The Hall–Kier alpha value is -1.12. The molecule has 0 aromatic heterocycles. The molecule has 0 aliphatic rings. The van der Waals surface area contributed by atoms with E-state index in [0.29, 0.717) is 17.1 Å². The second-order valence-corrected chi connectivity index (χ2v) is 5.02. The smallest absolute Gasteiger partial charge is 0.159 e. The zero-order valence-electron chi connectivity index (χ0n) is 10.2. The molecule has 98 valence electrons. The Bertz CT molecular complexity index is 418. The number of benzene rings is 1. The highest BCUT2D eigenvalue weighted by Crippen LogP contribution is 2.21. The highest BCUT2D eigenvalue weighted by Gasteiger charge is 2.07. The molecule has 0 spiro atoms. The lowest BCUT2D eigenvalue weighted by Gasteiger charge is -2.10. The van der Waals surface area contributed by atoms with E-state index >= 15 is 0 Å². The van der Waals surface area contributed by atoms with Gasteiger partial charge in [-0.1, -0.05) is 6.92 Å². The van der Waals surface area contributed by atoms with Crippen molar-refractivity contribution in [1.29, 1.82) is 5.26 Å². The maximum atomic E-state index is 12.9. The molecule has 1 unspecified atom stereocenters. The molecule has 18 heavy (non-hydrogen) atoms. The van der Waals surface area contributed by atoms with E-state index in [4.69, 9.17) is 5.26 Å². The Labute approximate surface area is 110 Å². The summed E-state index contributed by atoms with van der Waals surface area (Å²) in [5.74, 6) is -0.972. The van der Waals surface area contributed by atoms with Crippen molar-refractivity contribution in [3.8, 4) is 6.07 Å². The quantitative estimate of drug-likeness (QED) is 0.772. The fourth-order valence-electron chi connectivity index (χ4n) is 1.39. The molecule has 1 atom stereocenters. The SMILES string of the molecule is CCCNC(C#N)CCSc1ccc(F)c(F)c1. The van der Waals surface area contributed by atoms with Crippen LogP contribution in [0.1, 0.15) is 19.8 Å². The van der Waals surface area contributed by atoms with Gasteiger partial charge in [-0.05, 0) is 37.6 Å². The van der Waals surface area contributed by atoms with Crippen LogP contribution in [0.2, 0.25) is 0 Å². The minimum atomic E-state index is -0.834. The molecule has 1 N–H and O–H groups in total. The maximum Gasteiger partial charge on any atom is 0.159 e. The van der Waals surface area contributed by atoms with E-state index in [1.54, 1.807) is 6.07 Å². The van der Waals surface area contributed by atoms with Crippen molar-refractivity contribution in [2.45, 2.75) is 30.7 Å². The van der Waals surface area contributed by atoms with Gasteiger partial charge in [-0.25, -0.2) is 8.78 Å². The predicted octanol–water partition coefficient (Wildman–Crippen LogP) is 3.34. The lowest BCUT2D eigenvalue weighted by molar-refractivity contribution is 0.506. The minimum absolute atomic E-state index is 0.178. The molecule has 2 nitrogen and oxygen atoms in total. The Morgan fingerprint density at radius 2 is 2.17 bits per heavy atom. The predicted molar refractivity (Wildman–Crippen MR) is 69.4 cm³/mol. The van der Waals surface area contributed by atoms with Gasteiger partial charge in [0.05, 0.1) is 12.1 Å². The van der Waals surface area contributed by atoms with E-state index in [-0.39, 0.29) is 6.04 Å². The number of nitrogens with one attached hydrogen (secondary N) is 1. The van der Waals surface area contributed by atoms with Crippen LogP contribution in [0.25, 0.3) is 0 Å². The van der Waals surface area contributed by atoms with Crippen LogP contribution >= 0.6 is 11.8 Å². The van der Waals surface area contributed by atoms with E-state index in [9.17, 15) is 8.78 Å². The van der Waals surface area contributed by atoms with Crippen molar-refractivity contribution in [3.63, 3.8) is 0 Å². The number of nitrogens with zero attached hydrogens (tertiary/aromatic N) is 1. The summed E-state index contributed by atoms with van der Waals surface area (Å²) in [6.07, 6.45) is 1.66. The molecule has 0 heterocycles. The summed E-state index contributed by atoms with van der Waals surface area (Å²) < 4.78 is 25.7. The summed E-state index contributed by atoms with van der Waals surface area (Å²) in [6, 6.07) is 5.85. The molecule has 0 bridgehead atoms. The van der Waals surface area contributed by atoms with Crippen molar-refractivity contribution in [3.05, 3.63) is 29.8 Å². The maximum absolute atomic E-state index is 12.9. The number of hydrogen-bond donors (Lipinski definition) is 1. The minimum Gasteiger partial charge on any atom is -0.302 e. The average molecular weight is 270 g/mol. The van der Waals surface area contributed by atoms with Crippen molar-refractivity contribution < 1.29 is 8.78 Å². The molecule has 0 amide bonds. The van der Waals surface area contributed by atoms with E-state index in [0.717, 1.165) is 19.0 Å². The van der Waals surface area contributed by atoms with Crippen LogP contribution in [-0.4, -0.2) is 18.3 Å². The Kier molecular flexibility index (Phi) is 6.69. The van der Waals surface area contributed by atoms with Crippen molar-refractivity contribution in [1.82, 2.24) is 5.32 Å². The molecule has 1 aromatic rings. The summed E-state index contributed by atoms with van der Waals surface area (Å²) in [4.78, 5) is 0.682. The zero-order valence-corrected chi connectivity index (χ0v) is 11.1. The first-order valence-corrected chi connectivity index (χ1v) is 6.86. The molecular formula is C13H16F2N2S. The van der Waals surface area contributed by atoms with E-state index in [1.807, 2.05) is 6.92 Å². The highest BCUT2D eigenvalue weighted by molar-refractivity contribution is 7.99. The first-order chi connectivity index (χ1) is 8.67. The third kappa shape index (κ3) is 5.03. The van der Waals surface area contributed by atoms with Gasteiger partial charge in [-0.15, -0.1) is 11.8 Å². The molecule has 1 rings (SSSR count). The summed E-state index contributed by atoms with van der Waals surface area (Å²) in [5.41, 5.74) is 0. The van der Waals surface area contributed by atoms with Gasteiger partial charge in [0.2, 0.25) is 0 Å². The van der Waals surface area contributed by atoms with Gasteiger partial charge in [0.25, 0.3) is 0 Å². The molecular weight excluding hydrogens is 254 g/mol. The summed E-state index contributed by atoms with van der Waals surface area (Å²) in [5, 5.41) is 12.0. The van der Waals surface area contributed by atoms with Crippen molar-refractivity contribution in [2.24, 2.45) is 0 Å². The van der Waals surface area contributed by atoms with Crippen LogP contribution in [0, 0.1) is 23.0 Å². The summed E-state index contributed by atoms with van der Waals surface area (Å²) in [7, 11) is 0. The molecule has 0 radical (unpaired) electrons. The second kappa shape index (κ2) is 8.06. The zero-order chi connectivity index (χ0) is 13.4.